The normalized spacial score (nSPS) is 10.3. The molecule has 5 rings (SSSR count). The third-order valence-electron chi connectivity index (χ3n) is 5.97. The summed E-state index contributed by atoms with van der Waals surface area (Å²) in [6.45, 7) is 8.71. The van der Waals surface area contributed by atoms with Crippen LogP contribution in [0.25, 0.3) is 33.8 Å². The Hall–Kier alpha value is -3.46. The molecule has 0 fully saturated rings. The molecule has 5 aromatic rings. The molecule has 0 N–H and O–H groups in total. The van der Waals surface area contributed by atoms with Gasteiger partial charge in [-0.15, -0.1) is 70.3 Å². The van der Waals surface area contributed by atoms with Gasteiger partial charge in [0.2, 0.25) is 0 Å². The second-order valence-corrected chi connectivity index (χ2v) is 9.24. The maximum Gasteiger partial charge on any atom is 0.0748 e. The van der Waals surface area contributed by atoms with Gasteiger partial charge in [0.05, 0.1) is 5.82 Å². The minimum Gasteiger partial charge on any atom is -0.304 e. The summed E-state index contributed by atoms with van der Waals surface area (Å²) in [5, 5.41) is 0. The SMILES string of the molecule is Cc1cc[c-]c(-c2ccc(CC(C)C)cn2)c1C.[Ir].[c-]1ccc(-c2ccccc2)cc1-c1ncccn1. The van der Waals surface area contributed by atoms with Crippen LogP contribution in [0.3, 0.4) is 0 Å². The van der Waals surface area contributed by atoms with Crippen LogP contribution in [0.2, 0.25) is 0 Å². The predicted molar refractivity (Wildman–Crippen MR) is 148 cm³/mol. The van der Waals surface area contributed by atoms with E-state index in [-0.39, 0.29) is 20.1 Å². The van der Waals surface area contributed by atoms with Crippen LogP contribution in [-0.4, -0.2) is 15.0 Å². The van der Waals surface area contributed by atoms with Gasteiger partial charge in [0, 0.05) is 38.7 Å². The van der Waals surface area contributed by atoms with E-state index < -0.39 is 0 Å². The Morgan fingerprint density at radius 2 is 1.49 bits per heavy atom. The number of pyridine rings is 1. The average Bonchev–Trinajstić information content (AvgIpc) is 2.92. The summed E-state index contributed by atoms with van der Waals surface area (Å²) < 4.78 is 0. The van der Waals surface area contributed by atoms with Crippen LogP contribution in [-0.2, 0) is 26.5 Å². The summed E-state index contributed by atoms with van der Waals surface area (Å²) in [6.07, 6.45) is 6.56. The number of rotatable bonds is 5. The van der Waals surface area contributed by atoms with Crippen molar-refractivity contribution < 1.29 is 20.1 Å². The van der Waals surface area contributed by atoms with Gasteiger partial charge in [0.25, 0.3) is 0 Å². The molecule has 0 unspecified atom stereocenters. The molecular formula is C33H31IrN3-2. The molecule has 1 radical (unpaired) electrons. The van der Waals surface area contributed by atoms with Crippen molar-refractivity contribution in [3.8, 4) is 33.8 Å². The van der Waals surface area contributed by atoms with E-state index in [0.717, 1.165) is 28.8 Å². The fourth-order valence-electron chi connectivity index (χ4n) is 3.95. The molecule has 0 aliphatic carbocycles. The minimum absolute atomic E-state index is 0. The van der Waals surface area contributed by atoms with Gasteiger partial charge in [-0.25, -0.2) is 0 Å². The molecule has 2 aromatic heterocycles. The number of hydrogen-bond donors (Lipinski definition) is 0. The fourth-order valence-corrected chi connectivity index (χ4v) is 3.95. The Kier molecular flexibility index (Phi) is 10.4. The Bertz CT molecular complexity index is 1330. The first-order valence-electron chi connectivity index (χ1n) is 12.3. The molecule has 0 bridgehead atoms. The van der Waals surface area contributed by atoms with Gasteiger partial charge in [-0.1, -0.05) is 70.2 Å². The van der Waals surface area contributed by atoms with Crippen LogP contribution < -0.4 is 0 Å². The summed E-state index contributed by atoms with van der Waals surface area (Å²) in [5.74, 6) is 1.38. The molecule has 0 aliphatic rings. The van der Waals surface area contributed by atoms with Crippen molar-refractivity contribution >= 4 is 0 Å². The molecule has 0 atom stereocenters. The van der Waals surface area contributed by atoms with Gasteiger partial charge >= 0.3 is 0 Å². The molecule has 37 heavy (non-hydrogen) atoms. The van der Waals surface area contributed by atoms with Crippen LogP contribution in [0, 0.1) is 31.9 Å². The summed E-state index contributed by atoms with van der Waals surface area (Å²) >= 11 is 0. The zero-order chi connectivity index (χ0) is 25.3. The van der Waals surface area contributed by atoms with Crippen molar-refractivity contribution in [1.82, 2.24) is 15.0 Å². The Balaban J connectivity index is 0.000000200. The second kappa shape index (κ2) is 13.7. The van der Waals surface area contributed by atoms with E-state index in [1.54, 1.807) is 12.4 Å². The number of hydrogen-bond acceptors (Lipinski definition) is 3. The third kappa shape index (κ3) is 7.76. The summed E-state index contributed by atoms with van der Waals surface area (Å²) in [7, 11) is 0. The van der Waals surface area contributed by atoms with Gasteiger partial charge < -0.3 is 4.98 Å². The number of nitrogens with zero attached hydrogens (tertiary/aromatic N) is 3. The quantitative estimate of drug-likeness (QED) is 0.180. The standard InChI is InChI=1S/C17H20N.C16H11N2.Ir/c1-12(2)10-15-8-9-17(18-11-15)16-7-5-6-13(3)14(16)4;1-2-6-13(7-3-1)14-8-4-9-15(12-14)16-17-10-5-11-18-16;/h5-6,8-9,11-12H,10H2,1-4H3;1-8,10-12H;/q2*-1;. The molecule has 2 heterocycles. The van der Waals surface area contributed by atoms with E-state index >= 15 is 0 Å². The molecule has 4 heteroatoms. The van der Waals surface area contributed by atoms with Crippen LogP contribution in [0.1, 0.15) is 30.5 Å². The molecule has 3 aromatic carbocycles. The van der Waals surface area contributed by atoms with Crippen LogP contribution in [0.5, 0.6) is 0 Å². The average molecular weight is 662 g/mol. The Morgan fingerprint density at radius 1 is 0.757 bits per heavy atom. The summed E-state index contributed by atoms with van der Waals surface area (Å²) in [5.41, 5.74) is 9.24. The van der Waals surface area contributed by atoms with Crippen molar-refractivity contribution in [2.75, 3.05) is 0 Å². The molecule has 0 spiro atoms. The molecular weight excluding hydrogens is 631 g/mol. The molecule has 3 nitrogen and oxygen atoms in total. The number of aryl methyl sites for hydroxylation is 1. The van der Waals surface area contributed by atoms with Crippen LogP contribution in [0.4, 0.5) is 0 Å². The third-order valence-corrected chi connectivity index (χ3v) is 5.97. The van der Waals surface area contributed by atoms with Gasteiger partial charge in [-0.2, -0.15) is 0 Å². The van der Waals surface area contributed by atoms with Crippen molar-refractivity contribution in [2.24, 2.45) is 5.92 Å². The maximum atomic E-state index is 4.57. The van der Waals surface area contributed by atoms with E-state index in [1.807, 2.05) is 48.7 Å². The second-order valence-electron chi connectivity index (χ2n) is 9.24. The first-order valence-corrected chi connectivity index (χ1v) is 12.3. The first-order chi connectivity index (χ1) is 17.5. The topological polar surface area (TPSA) is 38.7 Å². The van der Waals surface area contributed by atoms with Crippen molar-refractivity contribution in [3.63, 3.8) is 0 Å². The molecule has 0 amide bonds. The molecule has 189 valence electrons. The Labute approximate surface area is 234 Å². The van der Waals surface area contributed by atoms with Crippen molar-refractivity contribution in [1.29, 1.82) is 0 Å². The zero-order valence-electron chi connectivity index (χ0n) is 21.7. The molecule has 0 aliphatic heterocycles. The largest absolute Gasteiger partial charge is 0.304 e. The van der Waals surface area contributed by atoms with E-state index in [2.05, 4.69) is 91.2 Å². The minimum atomic E-state index is 0. The van der Waals surface area contributed by atoms with Gasteiger partial charge in [0.15, 0.2) is 0 Å². The molecule has 0 saturated heterocycles. The molecule has 0 saturated carbocycles. The predicted octanol–water partition coefficient (Wildman–Crippen LogP) is 7.97. The summed E-state index contributed by atoms with van der Waals surface area (Å²) in [6, 6.07) is 32.9. The van der Waals surface area contributed by atoms with Gasteiger partial charge in [-0.3, -0.25) is 9.97 Å². The number of aromatic nitrogens is 3. The van der Waals surface area contributed by atoms with E-state index in [1.165, 1.54) is 22.3 Å². The smallest absolute Gasteiger partial charge is 0.0748 e. The monoisotopic (exact) mass is 662 g/mol. The van der Waals surface area contributed by atoms with Crippen molar-refractivity contribution in [3.05, 3.63) is 126 Å². The van der Waals surface area contributed by atoms with E-state index in [9.17, 15) is 0 Å². The van der Waals surface area contributed by atoms with E-state index in [0.29, 0.717) is 11.7 Å². The van der Waals surface area contributed by atoms with Crippen LogP contribution >= 0.6 is 0 Å². The number of benzene rings is 3. The van der Waals surface area contributed by atoms with Crippen molar-refractivity contribution in [2.45, 2.75) is 34.1 Å². The zero-order valence-corrected chi connectivity index (χ0v) is 24.1. The summed E-state index contributed by atoms with van der Waals surface area (Å²) in [4.78, 5) is 13.1. The van der Waals surface area contributed by atoms with Gasteiger partial charge in [-0.05, 0) is 35.2 Å². The maximum absolute atomic E-state index is 4.57. The van der Waals surface area contributed by atoms with E-state index in [4.69, 9.17) is 0 Å². The Morgan fingerprint density at radius 3 is 2.16 bits per heavy atom. The fraction of sp³-hybridized carbons (Fsp3) is 0.182. The van der Waals surface area contributed by atoms with Crippen LogP contribution in [0.15, 0.2) is 97.5 Å². The first kappa shape index (κ1) is 28.1. The van der Waals surface area contributed by atoms with Gasteiger partial charge in [0.1, 0.15) is 0 Å².